The summed E-state index contributed by atoms with van der Waals surface area (Å²) in [7, 11) is 0. The molecular weight excluding hydrogens is 284 g/mol. The predicted molar refractivity (Wildman–Crippen MR) is 73.9 cm³/mol. The van der Waals surface area contributed by atoms with Crippen LogP contribution in [0.25, 0.3) is 0 Å². The molecule has 0 bridgehead atoms. The fraction of sp³-hybridized carbons (Fsp3) is 0.462. The van der Waals surface area contributed by atoms with E-state index in [4.69, 9.17) is 10.8 Å². The standard InChI is InChI=1S/C13H17F2N3O3/c1-8-7-17(4-5-18(8)13(19)20)9-2-3-10(16)11(6-9)21-12(14)15/h2-3,6,8,12H,4-5,7,16H2,1H3,(H,19,20). The van der Waals surface area contributed by atoms with Crippen molar-refractivity contribution >= 4 is 17.5 Å². The summed E-state index contributed by atoms with van der Waals surface area (Å²) in [5.74, 6) is -0.0733. The molecule has 1 aromatic carbocycles. The molecule has 0 saturated carbocycles. The molecule has 2 rings (SSSR count). The van der Waals surface area contributed by atoms with Gasteiger partial charge in [-0.05, 0) is 19.1 Å². The Morgan fingerprint density at radius 2 is 2.19 bits per heavy atom. The van der Waals surface area contributed by atoms with Crippen molar-refractivity contribution in [2.75, 3.05) is 30.3 Å². The van der Waals surface area contributed by atoms with Gasteiger partial charge in [0.05, 0.1) is 5.69 Å². The van der Waals surface area contributed by atoms with Gasteiger partial charge < -0.3 is 25.4 Å². The number of nitrogens with two attached hydrogens (primary N) is 1. The molecule has 1 saturated heterocycles. The number of hydrogen-bond donors (Lipinski definition) is 2. The van der Waals surface area contributed by atoms with E-state index in [-0.39, 0.29) is 17.5 Å². The zero-order valence-electron chi connectivity index (χ0n) is 11.5. The van der Waals surface area contributed by atoms with Crippen LogP contribution in [0.1, 0.15) is 6.92 Å². The summed E-state index contributed by atoms with van der Waals surface area (Å²) >= 11 is 0. The van der Waals surface area contributed by atoms with E-state index in [1.54, 1.807) is 13.0 Å². The van der Waals surface area contributed by atoms with Crippen LogP contribution >= 0.6 is 0 Å². The summed E-state index contributed by atoms with van der Waals surface area (Å²) in [6.45, 7) is 0.171. The lowest BCUT2D eigenvalue weighted by Gasteiger charge is -2.39. The van der Waals surface area contributed by atoms with Crippen molar-refractivity contribution < 1.29 is 23.4 Å². The summed E-state index contributed by atoms with van der Waals surface area (Å²) in [5, 5.41) is 9.03. The maximum absolute atomic E-state index is 12.3. The maximum atomic E-state index is 12.3. The van der Waals surface area contributed by atoms with Gasteiger partial charge in [-0.15, -0.1) is 0 Å². The number of ether oxygens (including phenoxy) is 1. The van der Waals surface area contributed by atoms with Crippen LogP contribution in [0.4, 0.5) is 25.0 Å². The van der Waals surface area contributed by atoms with Crippen LogP contribution in [0.2, 0.25) is 0 Å². The highest BCUT2D eigenvalue weighted by molar-refractivity contribution is 5.67. The second-order valence-electron chi connectivity index (χ2n) is 4.87. The number of anilines is 2. The van der Waals surface area contributed by atoms with Crippen LogP contribution < -0.4 is 15.4 Å². The van der Waals surface area contributed by atoms with Crippen LogP contribution in [-0.4, -0.2) is 48.4 Å². The Hall–Kier alpha value is -2.25. The van der Waals surface area contributed by atoms with Gasteiger partial charge in [-0.3, -0.25) is 0 Å². The Bertz CT molecular complexity index is 527. The smallest absolute Gasteiger partial charge is 0.407 e. The van der Waals surface area contributed by atoms with Gasteiger partial charge in [0.15, 0.2) is 5.75 Å². The van der Waals surface area contributed by atoms with Gasteiger partial charge >= 0.3 is 12.7 Å². The molecular formula is C13H17F2N3O3. The Kier molecular flexibility index (Phi) is 4.35. The highest BCUT2D eigenvalue weighted by Crippen LogP contribution is 2.30. The second-order valence-corrected chi connectivity index (χ2v) is 4.87. The van der Waals surface area contributed by atoms with E-state index in [9.17, 15) is 13.6 Å². The predicted octanol–water partition coefficient (Wildman–Crippen LogP) is 2.06. The van der Waals surface area contributed by atoms with Crippen molar-refractivity contribution in [1.29, 1.82) is 0 Å². The second kappa shape index (κ2) is 6.02. The van der Waals surface area contributed by atoms with Crippen LogP contribution in [0.5, 0.6) is 5.75 Å². The number of alkyl halides is 2. The molecule has 6 nitrogen and oxygen atoms in total. The molecule has 116 valence electrons. The minimum Gasteiger partial charge on any atom is -0.465 e. The Balaban J connectivity index is 2.14. The number of nitrogens with zero attached hydrogens (tertiary/aromatic N) is 2. The molecule has 21 heavy (non-hydrogen) atoms. The molecule has 8 heteroatoms. The van der Waals surface area contributed by atoms with Crippen molar-refractivity contribution in [2.24, 2.45) is 0 Å². The van der Waals surface area contributed by atoms with Crippen LogP contribution in [0.3, 0.4) is 0 Å². The molecule has 1 aromatic rings. The number of rotatable bonds is 3. The fourth-order valence-corrected chi connectivity index (χ4v) is 2.39. The SMILES string of the molecule is CC1CN(c2ccc(N)c(OC(F)F)c2)CCN1C(=O)O. The van der Waals surface area contributed by atoms with E-state index in [1.165, 1.54) is 17.0 Å². The summed E-state index contributed by atoms with van der Waals surface area (Å²) < 4.78 is 29.0. The lowest BCUT2D eigenvalue weighted by atomic mass is 10.1. The molecule has 1 atom stereocenters. The van der Waals surface area contributed by atoms with Gasteiger partial charge in [0.2, 0.25) is 0 Å². The molecule has 3 N–H and O–H groups in total. The van der Waals surface area contributed by atoms with Crippen LogP contribution in [0.15, 0.2) is 18.2 Å². The van der Waals surface area contributed by atoms with E-state index in [1.807, 2.05) is 4.90 Å². The summed E-state index contributed by atoms with van der Waals surface area (Å²) in [6, 6.07) is 4.47. The maximum Gasteiger partial charge on any atom is 0.407 e. The van der Waals surface area contributed by atoms with Gasteiger partial charge in [-0.25, -0.2) is 4.79 Å². The molecule has 0 radical (unpaired) electrons. The highest BCUT2D eigenvalue weighted by Gasteiger charge is 2.27. The largest absolute Gasteiger partial charge is 0.465 e. The zero-order chi connectivity index (χ0) is 15.6. The summed E-state index contributed by atoms with van der Waals surface area (Å²) in [5.41, 5.74) is 6.41. The van der Waals surface area contributed by atoms with E-state index >= 15 is 0 Å². The Labute approximate surface area is 120 Å². The first-order valence-electron chi connectivity index (χ1n) is 6.47. The molecule has 0 spiro atoms. The molecule has 1 unspecified atom stereocenters. The van der Waals surface area contributed by atoms with Gasteiger partial charge in [0, 0.05) is 37.4 Å². The average molecular weight is 301 g/mol. The number of carboxylic acid groups (broad SMARTS) is 1. The Morgan fingerprint density at radius 1 is 1.48 bits per heavy atom. The van der Waals surface area contributed by atoms with Crippen molar-refractivity contribution in [3.63, 3.8) is 0 Å². The van der Waals surface area contributed by atoms with E-state index in [0.717, 1.165) is 0 Å². The molecule has 1 fully saturated rings. The van der Waals surface area contributed by atoms with Gasteiger partial charge in [-0.2, -0.15) is 8.78 Å². The third-order valence-electron chi connectivity index (χ3n) is 3.45. The quantitative estimate of drug-likeness (QED) is 0.835. The average Bonchev–Trinajstić information content (AvgIpc) is 2.40. The molecule has 0 aromatic heterocycles. The van der Waals surface area contributed by atoms with Crippen LogP contribution in [0, 0.1) is 0 Å². The monoisotopic (exact) mass is 301 g/mol. The topological polar surface area (TPSA) is 79.0 Å². The normalized spacial score (nSPS) is 19.0. The first-order chi connectivity index (χ1) is 9.88. The number of halogens is 2. The van der Waals surface area contributed by atoms with Gasteiger partial charge in [-0.1, -0.05) is 0 Å². The first kappa shape index (κ1) is 15.1. The number of nitrogen functional groups attached to an aromatic ring is 1. The molecule has 1 heterocycles. The molecule has 0 aliphatic carbocycles. The van der Waals surface area contributed by atoms with Crippen LogP contribution in [-0.2, 0) is 0 Å². The number of carbonyl (C=O) groups is 1. The first-order valence-corrected chi connectivity index (χ1v) is 6.47. The summed E-state index contributed by atoms with van der Waals surface area (Å²) in [4.78, 5) is 14.3. The minimum absolute atomic E-state index is 0.0733. The molecule has 1 amide bonds. The zero-order valence-corrected chi connectivity index (χ0v) is 11.5. The molecule has 1 aliphatic heterocycles. The number of piperazine rings is 1. The Morgan fingerprint density at radius 3 is 2.76 bits per heavy atom. The lowest BCUT2D eigenvalue weighted by Crippen LogP contribution is -2.53. The summed E-state index contributed by atoms with van der Waals surface area (Å²) in [6.07, 6.45) is -0.957. The van der Waals surface area contributed by atoms with Gasteiger partial charge in [0.25, 0.3) is 0 Å². The fourth-order valence-electron chi connectivity index (χ4n) is 2.39. The van der Waals surface area contributed by atoms with Crippen molar-refractivity contribution in [2.45, 2.75) is 19.6 Å². The highest BCUT2D eigenvalue weighted by atomic mass is 19.3. The van der Waals surface area contributed by atoms with E-state index in [0.29, 0.717) is 25.3 Å². The third-order valence-corrected chi connectivity index (χ3v) is 3.45. The minimum atomic E-state index is -2.94. The lowest BCUT2D eigenvalue weighted by molar-refractivity contribution is -0.0493. The number of benzene rings is 1. The van der Waals surface area contributed by atoms with E-state index < -0.39 is 12.7 Å². The van der Waals surface area contributed by atoms with Crippen molar-refractivity contribution in [3.8, 4) is 5.75 Å². The van der Waals surface area contributed by atoms with Crippen molar-refractivity contribution in [3.05, 3.63) is 18.2 Å². The molecule has 1 aliphatic rings. The van der Waals surface area contributed by atoms with Crippen molar-refractivity contribution in [1.82, 2.24) is 4.90 Å². The number of amides is 1. The number of hydrogen-bond acceptors (Lipinski definition) is 4. The van der Waals surface area contributed by atoms with Gasteiger partial charge in [0.1, 0.15) is 0 Å². The third kappa shape index (κ3) is 3.45. The van der Waals surface area contributed by atoms with E-state index in [2.05, 4.69) is 4.74 Å².